The fraction of sp³-hybridized carbons (Fsp3) is 0.400. The highest BCUT2D eigenvalue weighted by Gasteiger charge is 2.22. The maximum atomic E-state index is 11.0. The van der Waals surface area contributed by atoms with E-state index < -0.39 is 4.92 Å². The van der Waals surface area contributed by atoms with Crippen molar-refractivity contribution in [3.05, 3.63) is 32.8 Å². The fourth-order valence-corrected chi connectivity index (χ4v) is 1.72. The quantitative estimate of drug-likeness (QED) is 0.636. The van der Waals surface area contributed by atoms with Crippen LogP contribution in [0.15, 0.2) is 12.1 Å². The van der Waals surface area contributed by atoms with Crippen LogP contribution in [0.5, 0.6) is 5.75 Å². The predicted molar refractivity (Wildman–Crippen MR) is 62.0 cm³/mol. The smallest absolute Gasteiger partial charge is 0.315 e. The van der Waals surface area contributed by atoms with E-state index in [9.17, 15) is 10.1 Å². The van der Waals surface area contributed by atoms with Crippen LogP contribution in [0.3, 0.4) is 0 Å². The Labute approximate surface area is 98.3 Å². The Morgan fingerprint density at radius 2 is 2.25 bits per heavy atom. The third-order valence-corrected chi connectivity index (χ3v) is 2.58. The van der Waals surface area contributed by atoms with Crippen LogP contribution >= 0.6 is 11.6 Å². The normalized spacial score (nSPS) is 10.2. The lowest BCUT2D eigenvalue weighted by Crippen LogP contribution is -2.04. The third kappa shape index (κ3) is 2.62. The Morgan fingerprint density at radius 1 is 1.56 bits per heavy atom. The molecule has 0 saturated heterocycles. The summed E-state index contributed by atoms with van der Waals surface area (Å²) in [5, 5.41) is 11.3. The largest absolute Gasteiger partial charge is 0.490 e. The van der Waals surface area contributed by atoms with Crippen LogP contribution in [0.2, 0.25) is 5.02 Å². The molecule has 0 saturated carbocycles. The molecule has 0 aliphatic carbocycles. The second kappa shape index (κ2) is 5.67. The molecule has 0 spiro atoms. The summed E-state index contributed by atoms with van der Waals surface area (Å²) in [4.78, 5) is 10.5. The second-order valence-corrected chi connectivity index (χ2v) is 3.63. The van der Waals surface area contributed by atoms with Crippen molar-refractivity contribution < 1.29 is 9.66 Å². The molecule has 0 heterocycles. The van der Waals surface area contributed by atoms with Crippen molar-refractivity contribution in [1.82, 2.24) is 0 Å². The number of ether oxygens (including phenoxy) is 1. The molecule has 0 aliphatic heterocycles. The van der Waals surface area contributed by atoms with Crippen molar-refractivity contribution in [3.63, 3.8) is 0 Å². The van der Waals surface area contributed by atoms with Gasteiger partial charge in [-0.15, -0.1) is 0 Å². The molecular formula is C10H13ClN2O3. The van der Waals surface area contributed by atoms with Gasteiger partial charge in [-0.2, -0.15) is 0 Å². The van der Waals surface area contributed by atoms with Crippen LogP contribution in [-0.2, 0) is 6.42 Å². The number of rotatable bonds is 5. The van der Waals surface area contributed by atoms with Gasteiger partial charge in [0.1, 0.15) is 0 Å². The summed E-state index contributed by atoms with van der Waals surface area (Å²) in [5.41, 5.74) is 5.80. The molecule has 6 heteroatoms. The third-order valence-electron chi connectivity index (χ3n) is 2.22. The SMILES string of the molecule is COc1ccc(Cl)c(CCCN)c1[N+](=O)[O-]. The molecule has 0 fully saturated rings. The first-order chi connectivity index (χ1) is 7.61. The maximum absolute atomic E-state index is 11.0. The highest BCUT2D eigenvalue weighted by molar-refractivity contribution is 6.31. The average molecular weight is 245 g/mol. The van der Waals surface area contributed by atoms with Crippen molar-refractivity contribution >= 4 is 17.3 Å². The van der Waals surface area contributed by atoms with E-state index in [1.165, 1.54) is 13.2 Å². The fourth-order valence-electron chi connectivity index (χ4n) is 1.47. The molecule has 88 valence electrons. The summed E-state index contributed by atoms with van der Waals surface area (Å²) in [6, 6.07) is 3.09. The van der Waals surface area contributed by atoms with Gasteiger partial charge in [0.15, 0.2) is 5.75 Å². The Bertz CT molecular complexity index is 396. The van der Waals surface area contributed by atoms with E-state index >= 15 is 0 Å². The maximum Gasteiger partial charge on any atom is 0.315 e. The molecule has 0 radical (unpaired) electrons. The molecule has 2 N–H and O–H groups in total. The van der Waals surface area contributed by atoms with Crippen molar-refractivity contribution in [2.45, 2.75) is 12.8 Å². The molecule has 0 aliphatic rings. The summed E-state index contributed by atoms with van der Waals surface area (Å²) >= 11 is 5.94. The minimum absolute atomic E-state index is 0.0662. The Kier molecular flexibility index (Phi) is 4.52. The molecule has 0 amide bonds. The summed E-state index contributed by atoms with van der Waals surface area (Å²) in [5.74, 6) is 0.224. The van der Waals surface area contributed by atoms with E-state index in [1.807, 2.05) is 0 Å². The van der Waals surface area contributed by atoms with Crippen molar-refractivity contribution in [1.29, 1.82) is 0 Å². The molecule has 0 atom stereocenters. The van der Waals surface area contributed by atoms with E-state index in [2.05, 4.69) is 0 Å². The zero-order valence-electron chi connectivity index (χ0n) is 8.90. The van der Waals surface area contributed by atoms with Gasteiger partial charge in [0.2, 0.25) is 0 Å². The molecule has 0 unspecified atom stereocenters. The lowest BCUT2D eigenvalue weighted by molar-refractivity contribution is -0.386. The van der Waals surface area contributed by atoms with Crippen LogP contribution < -0.4 is 10.5 Å². The Morgan fingerprint density at radius 3 is 2.75 bits per heavy atom. The molecule has 0 aromatic heterocycles. The monoisotopic (exact) mass is 244 g/mol. The lowest BCUT2D eigenvalue weighted by Gasteiger charge is -2.08. The molecule has 16 heavy (non-hydrogen) atoms. The lowest BCUT2D eigenvalue weighted by atomic mass is 10.1. The van der Waals surface area contributed by atoms with Gasteiger partial charge in [0, 0.05) is 0 Å². The topological polar surface area (TPSA) is 78.4 Å². The highest BCUT2D eigenvalue weighted by atomic mass is 35.5. The van der Waals surface area contributed by atoms with Gasteiger partial charge in [-0.25, -0.2) is 0 Å². The molecule has 1 aromatic rings. The van der Waals surface area contributed by atoms with E-state index in [4.69, 9.17) is 22.1 Å². The van der Waals surface area contributed by atoms with Gasteiger partial charge in [0.05, 0.1) is 22.6 Å². The van der Waals surface area contributed by atoms with Crippen LogP contribution in [0.25, 0.3) is 0 Å². The highest BCUT2D eigenvalue weighted by Crippen LogP contribution is 2.36. The Balaban J connectivity index is 3.24. The number of nitrogens with two attached hydrogens (primary N) is 1. The first kappa shape index (κ1) is 12.7. The number of halogens is 1. The van der Waals surface area contributed by atoms with Crippen molar-refractivity contribution in [3.8, 4) is 5.75 Å². The van der Waals surface area contributed by atoms with E-state index in [0.717, 1.165) is 0 Å². The second-order valence-electron chi connectivity index (χ2n) is 3.23. The summed E-state index contributed by atoms with van der Waals surface area (Å²) in [7, 11) is 1.39. The Hall–Kier alpha value is -1.33. The minimum Gasteiger partial charge on any atom is -0.490 e. The van der Waals surface area contributed by atoms with E-state index in [1.54, 1.807) is 6.07 Å². The molecule has 0 bridgehead atoms. The van der Waals surface area contributed by atoms with Crippen LogP contribution in [0.1, 0.15) is 12.0 Å². The van der Waals surface area contributed by atoms with Crippen molar-refractivity contribution in [2.24, 2.45) is 5.73 Å². The van der Waals surface area contributed by atoms with Gasteiger partial charge in [-0.3, -0.25) is 10.1 Å². The molecular weight excluding hydrogens is 232 g/mol. The van der Waals surface area contributed by atoms with Crippen LogP contribution in [0, 0.1) is 10.1 Å². The van der Waals surface area contributed by atoms with Gasteiger partial charge >= 0.3 is 5.69 Å². The van der Waals surface area contributed by atoms with E-state index in [0.29, 0.717) is 30.0 Å². The summed E-state index contributed by atoms with van der Waals surface area (Å²) in [6.07, 6.45) is 1.12. The number of benzene rings is 1. The van der Waals surface area contributed by atoms with Gasteiger partial charge in [-0.05, 0) is 31.5 Å². The predicted octanol–water partition coefficient (Wildman–Crippen LogP) is 2.15. The van der Waals surface area contributed by atoms with Crippen molar-refractivity contribution in [2.75, 3.05) is 13.7 Å². The first-order valence-electron chi connectivity index (χ1n) is 4.81. The first-order valence-corrected chi connectivity index (χ1v) is 5.19. The number of hydrogen-bond acceptors (Lipinski definition) is 4. The van der Waals surface area contributed by atoms with Gasteiger partial charge in [-0.1, -0.05) is 11.6 Å². The minimum atomic E-state index is -0.476. The van der Waals surface area contributed by atoms with Gasteiger partial charge in [0.25, 0.3) is 0 Å². The number of nitrogens with zero attached hydrogens (tertiary/aromatic N) is 1. The van der Waals surface area contributed by atoms with Gasteiger partial charge < -0.3 is 10.5 Å². The number of nitro benzene ring substituents is 1. The number of methoxy groups -OCH3 is 1. The zero-order valence-corrected chi connectivity index (χ0v) is 9.66. The molecule has 1 rings (SSSR count). The molecule has 1 aromatic carbocycles. The summed E-state index contributed by atoms with van der Waals surface area (Å²) in [6.45, 7) is 0.463. The zero-order chi connectivity index (χ0) is 12.1. The number of nitro groups is 1. The average Bonchev–Trinajstić information content (AvgIpc) is 2.26. The number of hydrogen-bond donors (Lipinski definition) is 1. The van der Waals surface area contributed by atoms with Crippen LogP contribution in [-0.4, -0.2) is 18.6 Å². The molecule has 5 nitrogen and oxygen atoms in total. The van der Waals surface area contributed by atoms with Crippen LogP contribution in [0.4, 0.5) is 5.69 Å². The summed E-state index contributed by atoms with van der Waals surface area (Å²) < 4.78 is 4.95. The standard InChI is InChI=1S/C10H13ClN2O3/c1-16-9-5-4-8(11)7(3-2-6-12)10(9)13(14)15/h4-5H,2-3,6,12H2,1H3. The van der Waals surface area contributed by atoms with E-state index in [-0.39, 0.29) is 11.4 Å².